The average molecular weight is 521 g/mol. The Bertz CT molecular complexity index is 1470. The lowest BCUT2D eigenvalue weighted by Gasteiger charge is -2.19. The Balaban J connectivity index is 1.38. The molecule has 0 aliphatic carbocycles. The van der Waals surface area contributed by atoms with Crippen LogP contribution in [0.15, 0.2) is 58.9 Å². The van der Waals surface area contributed by atoms with E-state index in [2.05, 4.69) is 5.32 Å². The predicted molar refractivity (Wildman–Crippen MR) is 143 cm³/mol. The number of esters is 1. The molecule has 0 radical (unpaired) electrons. The van der Waals surface area contributed by atoms with E-state index in [1.54, 1.807) is 0 Å². The molecule has 2 aromatic heterocycles. The molecule has 184 valence electrons. The summed E-state index contributed by atoms with van der Waals surface area (Å²) in [4.78, 5) is 30.6. The number of aryl methyl sites for hydroxylation is 1. The summed E-state index contributed by atoms with van der Waals surface area (Å²) in [7, 11) is 1.32. The monoisotopic (exact) mass is 520 g/mol. The summed E-state index contributed by atoms with van der Waals surface area (Å²) in [5.74, 6) is 0.531. The maximum atomic E-state index is 13.1. The number of pyridine rings is 1. The number of carbonyl (C=O) groups is 2. The lowest BCUT2D eigenvalue weighted by Crippen LogP contribution is -2.23. The van der Waals surface area contributed by atoms with Crippen LogP contribution in [-0.4, -0.2) is 42.4 Å². The van der Waals surface area contributed by atoms with Crippen molar-refractivity contribution in [1.29, 1.82) is 0 Å². The average Bonchev–Trinajstić information content (AvgIpc) is 3.31. The summed E-state index contributed by atoms with van der Waals surface area (Å²) in [5.41, 5.74) is 3.74. The molecule has 1 unspecified atom stereocenters. The Labute approximate surface area is 216 Å². The van der Waals surface area contributed by atoms with Crippen molar-refractivity contribution >= 4 is 50.9 Å². The van der Waals surface area contributed by atoms with E-state index in [0.29, 0.717) is 40.8 Å². The van der Waals surface area contributed by atoms with Crippen LogP contribution in [0.25, 0.3) is 22.0 Å². The minimum absolute atomic E-state index is 0.228. The largest absolute Gasteiger partial charge is 0.486 e. The molecule has 0 spiro atoms. The smallest absolute Gasteiger partial charge is 0.341 e. The molecule has 1 aliphatic rings. The van der Waals surface area contributed by atoms with E-state index in [1.807, 2.05) is 67.8 Å². The van der Waals surface area contributed by atoms with Gasteiger partial charge < -0.3 is 19.5 Å². The number of para-hydroxylation sites is 1. The van der Waals surface area contributed by atoms with Crippen molar-refractivity contribution in [2.75, 3.05) is 25.6 Å². The van der Waals surface area contributed by atoms with E-state index < -0.39 is 11.2 Å². The maximum Gasteiger partial charge on any atom is 0.341 e. The number of anilines is 1. The van der Waals surface area contributed by atoms with E-state index in [4.69, 9.17) is 19.2 Å². The molecular formula is C27H24N2O5S2. The number of carbonyl (C=O) groups excluding carboxylic acids is 2. The summed E-state index contributed by atoms with van der Waals surface area (Å²) >= 11 is 2.65. The zero-order valence-corrected chi connectivity index (χ0v) is 21.6. The fourth-order valence-electron chi connectivity index (χ4n) is 4.01. The molecular weight excluding hydrogens is 496 g/mol. The van der Waals surface area contributed by atoms with E-state index in [1.165, 1.54) is 30.2 Å². The number of benzene rings is 2. The van der Waals surface area contributed by atoms with Gasteiger partial charge in [0, 0.05) is 16.3 Å². The first kappa shape index (κ1) is 24.1. The number of ether oxygens (including phenoxy) is 3. The number of hydrogen-bond donors (Lipinski definition) is 1. The number of methoxy groups -OCH3 is 1. The summed E-state index contributed by atoms with van der Waals surface area (Å²) in [5, 5.41) is 6.61. The first-order chi connectivity index (χ1) is 17.4. The maximum absolute atomic E-state index is 13.1. The normalized spacial score (nSPS) is 13.3. The molecule has 36 heavy (non-hydrogen) atoms. The zero-order valence-electron chi connectivity index (χ0n) is 20.0. The summed E-state index contributed by atoms with van der Waals surface area (Å²) in [6.45, 7) is 4.82. The minimum atomic E-state index is -0.524. The number of rotatable bonds is 6. The number of thioether (sulfide) groups is 1. The fourth-order valence-corrected chi connectivity index (χ4v) is 5.89. The molecule has 9 heteroatoms. The number of amides is 1. The number of nitrogens with one attached hydrogen (secondary N) is 1. The third kappa shape index (κ3) is 4.76. The van der Waals surface area contributed by atoms with Gasteiger partial charge in [-0.15, -0.1) is 11.3 Å². The summed E-state index contributed by atoms with van der Waals surface area (Å²) < 4.78 is 16.3. The molecule has 4 aromatic rings. The molecule has 0 fully saturated rings. The number of fused-ring (bicyclic) bond motifs is 2. The van der Waals surface area contributed by atoms with Crippen LogP contribution in [0.2, 0.25) is 0 Å². The van der Waals surface area contributed by atoms with Crippen LogP contribution in [-0.2, 0) is 9.53 Å². The van der Waals surface area contributed by atoms with Gasteiger partial charge in [-0.3, -0.25) is 4.79 Å². The van der Waals surface area contributed by atoms with Crippen LogP contribution in [0, 0.1) is 6.92 Å². The van der Waals surface area contributed by atoms with E-state index >= 15 is 0 Å². The van der Waals surface area contributed by atoms with Crippen molar-refractivity contribution < 1.29 is 23.8 Å². The molecule has 0 saturated heterocycles. The first-order valence-electron chi connectivity index (χ1n) is 11.4. The molecule has 5 rings (SSSR count). The van der Waals surface area contributed by atoms with Crippen LogP contribution in [0.3, 0.4) is 0 Å². The quantitative estimate of drug-likeness (QED) is 0.248. The number of thiophene rings is 1. The third-order valence-electron chi connectivity index (χ3n) is 5.84. The number of hydrogen-bond acceptors (Lipinski definition) is 8. The summed E-state index contributed by atoms with van der Waals surface area (Å²) in [6, 6.07) is 15.4. The molecule has 3 heterocycles. The standard InChI is InChI=1S/C27H24N2O5S2/c1-15-12-23(28-20-7-5-4-6-18(15)20)36-16(2)25(30)29-26-24(27(31)32-3)19(14-35-26)17-8-9-21-22(13-17)34-11-10-33-21/h4-9,12-14,16H,10-11H2,1-3H3,(H,29,30). The van der Waals surface area contributed by atoms with Crippen LogP contribution >= 0.6 is 23.1 Å². The third-order valence-corrected chi connectivity index (χ3v) is 7.75. The van der Waals surface area contributed by atoms with Gasteiger partial charge in [0.05, 0.1) is 22.9 Å². The van der Waals surface area contributed by atoms with E-state index in [9.17, 15) is 9.59 Å². The van der Waals surface area contributed by atoms with Gasteiger partial charge in [-0.2, -0.15) is 0 Å². The van der Waals surface area contributed by atoms with Crippen LogP contribution in [0.5, 0.6) is 11.5 Å². The Morgan fingerprint density at radius 3 is 2.69 bits per heavy atom. The van der Waals surface area contributed by atoms with Crippen molar-refractivity contribution in [2.24, 2.45) is 0 Å². The second kappa shape index (κ2) is 10.2. The van der Waals surface area contributed by atoms with E-state index in [-0.39, 0.29) is 5.91 Å². The molecule has 1 amide bonds. The molecule has 1 aliphatic heterocycles. The molecule has 7 nitrogen and oxygen atoms in total. The second-order valence-electron chi connectivity index (χ2n) is 8.25. The fraction of sp³-hybridized carbons (Fsp3) is 0.222. The van der Waals surface area contributed by atoms with Gasteiger partial charge in [-0.1, -0.05) is 36.0 Å². The Morgan fingerprint density at radius 1 is 1.11 bits per heavy atom. The van der Waals surface area contributed by atoms with Gasteiger partial charge in [-0.05, 0) is 49.2 Å². The van der Waals surface area contributed by atoms with Gasteiger partial charge in [-0.25, -0.2) is 9.78 Å². The Kier molecular flexibility index (Phi) is 6.84. The lowest BCUT2D eigenvalue weighted by atomic mass is 10.0. The number of aromatic nitrogens is 1. The molecule has 1 N–H and O–H groups in total. The predicted octanol–water partition coefficient (Wildman–Crippen LogP) is 5.95. The Morgan fingerprint density at radius 2 is 1.89 bits per heavy atom. The van der Waals surface area contributed by atoms with Crippen molar-refractivity contribution in [1.82, 2.24) is 4.98 Å². The SMILES string of the molecule is COC(=O)c1c(-c2ccc3c(c2)OCCO3)csc1NC(=O)C(C)Sc1cc(C)c2ccccc2n1. The number of nitrogens with zero attached hydrogens (tertiary/aromatic N) is 1. The van der Waals surface area contributed by atoms with Gasteiger partial charge in [0.15, 0.2) is 11.5 Å². The zero-order chi connectivity index (χ0) is 25.2. The highest BCUT2D eigenvalue weighted by Crippen LogP contribution is 2.40. The highest BCUT2D eigenvalue weighted by Gasteiger charge is 2.25. The van der Waals surface area contributed by atoms with Crippen molar-refractivity contribution in [3.05, 3.63) is 65.0 Å². The minimum Gasteiger partial charge on any atom is -0.486 e. The van der Waals surface area contributed by atoms with Crippen molar-refractivity contribution in [2.45, 2.75) is 24.1 Å². The van der Waals surface area contributed by atoms with Crippen LogP contribution in [0.1, 0.15) is 22.8 Å². The Hall–Kier alpha value is -3.56. The topological polar surface area (TPSA) is 86.8 Å². The second-order valence-corrected chi connectivity index (χ2v) is 10.5. The summed E-state index contributed by atoms with van der Waals surface area (Å²) in [6.07, 6.45) is 0. The molecule has 0 saturated carbocycles. The first-order valence-corrected chi connectivity index (χ1v) is 13.1. The highest BCUT2D eigenvalue weighted by molar-refractivity contribution is 8.00. The molecule has 1 atom stereocenters. The van der Waals surface area contributed by atoms with Gasteiger partial charge in [0.2, 0.25) is 5.91 Å². The lowest BCUT2D eigenvalue weighted by molar-refractivity contribution is -0.115. The highest BCUT2D eigenvalue weighted by atomic mass is 32.2. The van der Waals surface area contributed by atoms with Crippen molar-refractivity contribution in [3.63, 3.8) is 0 Å². The molecule has 0 bridgehead atoms. The van der Waals surface area contributed by atoms with E-state index in [0.717, 1.165) is 27.1 Å². The molecule has 2 aromatic carbocycles. The van der Waals surface area contributed by atoms with Crippen molar-refractivity contribution in [3.8, 4) is 22.6 Å². The van der Waals surface area contributed by atoms with Gasteiger partial charge in [0.1, 0.15) is 23.8 Å². The van der Waals surface area contributed by atoms with Crippen LogP contribution in [0.4, 0.5) is 5.00 Å². The van der Waals surface area contributed by atoms with Gasteiger partial charge in [0.25, 0.3) is 0 Å². The van der Waals surface area contributed by atoms with Crippen LogP contribution < -0.4 is 14.8 Å². The van der Waals surface area contributed by atoms with Gasteiger partial charge >= 0.3 is 5.97 Å².